The first kappa shape index (κ1) is 64.5. The van der Waals surface area contributed by atoms with Gasteiger partial charge in [-0.05, 0) is 127 Å². The van der Waals surface area contributed by atoms with Crippen LogP contribution in [0.2, 0.25) is 18.1 Å². The molecule has 2 aliphatic heterocycles. The quantitative estimate of drug-likeness (QED) is 0.0622. The highest BCUT2D eigenvalue weighted by Gasteiger charge is 2.58. The summed E-state index contributed by atoms with van der Waals surface area (Å²) < 4.78 is 48.0. The predicted octanol–water partition coefficient (Wildman–Crippen LogP) is 4.43. The summed E-state index contributed by atoms with van der Waals surface area (Å²) in [6.07, 6.45) is -10.0. The van der Waals surface area contributed by atoms with Gasteiger partial charge in [-0.15, -0.1) is 0 Å². The van der Waals surface area contributed by atoms with Gasteiger partial charge in [0.25, 0.3) is 5.91 Å². The Morgan fingerprint density at radius 2 is 1.25 bits per heavy atom. The van der Waals surface area contributed by atoms with E-state index in [2.05, 4.69) is 60.4 Å². The molecule has 1 saturated heterocycles. The molecule has 23 nitrogen and oxygen atoms in total. The Hall–Kier alpha value is -4.01. The molecule has 5 amide bonds. The average molecular weight is 1100 g/mol. The van der Waals surface area contributed by atoms with Gasteiger partial charge in [-0.25, -0.2) is 19.2 Å². The molecule has 0 bridgehead atoms. The Balaban J connectivity index is 1.79. The lowest BCUT2D eigenvalue weighted by atomic mass is 9.71. The molecular formula is C52H94N6O17Si. The van der Waals surface area contributed by atoms with Gasteiger partial charge in [0.05, 0.1) is 37.4 Å². The van der Waals surface area contributed by atoms with Crippen LogP contribution in [0.25, 0.3) is 0 Å². The largest absolute Gasteiger partial charge is 0.491 e. The van der Waals surface area contributed by atoms with Crippen molar-refractivity contribution in [1.29, 1.82) is 0 Å². The van der Waals surface area contributed by atoms with Crippen LogP contribution in [0.1, 0.15) is 136 Å². The molecule has 0 aromatic rings. The highest BCUT2D eigenvalue weighted by molar-refractivity contribution is 6.74. The van der Waals surface area contributed by atoms with Gasteiger partial charge < -0.3 is 89.5 Å². The van der Waals surface area contributed by atoms with Crippen molar-refractivity contribution in [2.75, 3.05) is 33.4 Å². The summed E-state index contributed by atoms with van der Waals surface area (Å²) in [4.78, 5) is 68.9. The number of carbonyl (C=O) groups excluding carboxylic acids is 5. The number of hydrogen-bond acceptors (Lipinski definition) is 18. The summed E-state index contributed by atoms with van der Waals surface area (Å²) >= 11 is 0. The summed E-state index contributed by atoms with van der Waals surface area (Å²) in [6.45, 7) is 33.0. The van der Waals surface area contributed by atoms with Crippen molar-refractivity contribution in [3.05, 3.63) is 11.8 Å². The number of amides is 5. The van der Waals surface area contributed by atoms with Gasteiger partial charge in [-0.1, -0.05) is 20.8 Å². The number of carbonyl (C=O) groups is 5. The zero-order valence-corrected chi connectivity index (χ0v) is 49.6. The van der Waals surface area contributed by atoms with Crippen LogP contribution in [0.4, 0.5) is 19.2 Å². The second kappa shape index (κ2) is 24.2. The lowest BCUT2D eigenvalue weighted by Crippen LogP contribution is -2.72. The molecular weight excluding hydrogens is 1010 g/mol. The number of aliphatic hydroxyl groups is 4. The number of ether oxygens (including phenoxy) is 7. The Bertz CT molecular complexity index is 2050. The second-order valence-corrected chi connectivity index (χ2v) is 31.4. The summed E-state index contributed by atoms with van der Waals surface area (Å²) in [7, 11) is -0.719. The zero-order valence-electron chi connectivity index (χ0n) is 48.6. The van der Waals surface area contributed by atoms with Gasteiger partial charge in [0, 0.05) is 51.0 Å². The summed E-state index contributed by atoms with van der Waals surface area (Å²) in [5.41, 5.74) is -7.54. The molecule has 1 unspecified atom stereocenters. The van der Waals surface area contributed by atoms with E-state index in [1.807, 2.05) is 0 Å². The minimum absolute atomic E-state index is 0.00127. The molecule has 4 rings (SSSR count). The Morgan fingerprint density at radius 1 is 0.737 bits per heavy atom. The highest BCUT2D eigenvalue weighted by Crippen LogP contribution is 2.41. The van der Waals surface area contributed by atoms with Crippen LogP contribution in [-0.4, -0.2) is 192 Å². The Labute approximate surface area is 451 Å². The van der Waals surface area contributed by atoms with Gasteiger partial charge >= 0.3 is 24.4 Å². The molecule has 0 radical (unpaired) electrons. The minimum atomic E-state index is -2.06. The second-order valence-electron chi connectivity index (χ2n) is 26.6. The van der Waals surface area contributed by atoms with E-state index in [1.165, 1.54) is 14.0 Å². The Morgan fingerprint density at radius 3 is 1.76 bits per heavy atom. The zero-order chi connectivity index (χ0) is 57.9. The van der Waals surface area contributed by atoms with Crippen molar-refractivity contribution in [2.24, 2.45) is 5.92 Å². The molecule has 2 saturated carbocycles. The van der Waals surface area contributed by atoms with E-state index < -0.39 is 146 Å². The third kappa shape index (κ3) is 18.3. The summed E-state index contributed by atoms with van der Waals surface area (Å²) in [5, 5.41) is 63.1. The predicted molar refractivity (Wildman–Crippen MR) is 282 cm³/mol. The lowest BCUT2D eigenvalue weighted by Gasteiger charge is -2.52. The fourth-order valence-corrected chi connectivity index (χ4v) is 10.4. The van der Waals surface area contributed by atoms with Crippen LogP contribution >= 0.6 is 0 Å². The number of nitrogens with zero attached hydrogens (tertiary/aromatic N) is 1. The van der Waals surface area contributed by atoms with Gasteiger partial charge in [0.15, 0.2) is 14.6 Å². The minimum Gasteiger partial charge on any atom is -0.491 e. The fourth-order valence-electron chi connectivity index (χ4n) is 9.32. The fraction of sp³-hybridized carbons (Fsp3) is 0.865. The highest BCUT2D eigenvalue weighted by atomic mass is 28.4. The van der Waals surface area contributed by atoms with Crippen molar-refractivity contribution < 1.29 is 82.0 Å². The molecule has 24 heteroatoms. The van der Waals surface area contributed by atoms with Crippen LogP contribution in [0.15, 0.2) is 11.8 Å². The van der Waals surface area contributed by atoms with Crippen LogP contribution in [-0.2, 0) is 42.4 Å². The maximum atomic E-state index is 14.3. The smallest absolute Gasteiger partial charge is 0.410 e. The van der Waals surface area contributed by atoms with E-state index in [9.17, 15) is 44.4 Å². The topological polar surface area (TPSA) is 304 Å². The van der Waals surface area contributed by atoms with E-state index in [4.69, 9.17) is 37.6 Å². The summed E-state index contributed by atoms with van der Waals surface area (Å²) in [6, 6.07) is -5.42. The number of rotatable bonds is 15. The van der Waals surface area contributed by atoms with Gasteiger partial charge in [0.1, 0.15) is 57.7 Å². The van der Waals surface area contributed by atoms with Crippen LogP contribution in [0.5, 0.6) is 0 Å². The SMILES string of the molecule is CN(C(=O)OC(C)(C)C)[C@@H]1[C@@H](O)[C@@H](O[C@H]2[C@H](NC(=O)C3(O)CC(NC(=O)OC(C)(C)C)C3)C[C@H](NC(=O)OC(C)(C)C)C([C@H]3OC(CNCCO[Si](C)(C)C(C)(C)C)=CC[C@H]3NC(=O)OC(C)(C)C)[C@@H]2O)OC[C@]1(C)O. The molecule has 11 atom stereocenters. The molecule has 2 aliphatic carbocycles. The molecule has 438 valence electrons. The molecule has 3 fully saturated rings. The van der Waals surface area contributed by atoms with E-state index in [0.717, 1.165) is 4.90 Å². The maximum absolute atomic E-state index is 14.3. The van der Waals surface area contributed by atoms with Crippen molar-refractivity contribution in [3.63, 3.8) is 0 Å². The lowest BCUT2D eigenvalue weighted by molar-refractivity contribution is -0.306. The number of hydrogen-bond donors (Lipinski definition) is 9. The van der Waals surface area contributed by atoms with Gasteiger partial charge in [-0.3, -0.25) is 4.79 Å². The molecule has 0 aromatic carbocycles. The van der Waals surface area contributed by atoms with Crippen LogP contribution in [0, 0.1) is 5.92 Å². The molecule has 9 N–H and O–H groups in total. The maximum Gasteiger partial charge on any atom is 0.410 e. The average Bonchev–Trinajstić information content (AvgIpc) is 3.19. The third-order valence-electron chi connectivity index (χ3n) is 13.8. The normalized spacial score (nSPS) is 31.5. The summed E-state index contributed by atoms with van der Waals surface area (Å²) in [5.74, 6) is -1.69. The molecule has 4 aliphatic rings. The monoisotopic (exact) mass is 1100 g/mol. The van der Waals surface area contributed by atoms with Crippen molar-refractivity contribution in [3.8, 4) is 0 Å². The molecule has 76 heavy (non-hydrogen) atoms. The molecule has 2 heterocycles. The van der Waals surface area contributed by atoms with Crippen LogP contribution < -0.4 is 26.6 Å². The van der Waals surface area contributed by atoms with E-state index in [1.54, 1.807) is 89.2 Å². The van der Waals surface area contributed by atoms with E-state index >= 15 is 0 Å². The van der Waals surface area contributed by atoms with Gasteiger partial charge in [-0.2, -0.15) is 0 Å². The Kier molecular flexibility index (Phi) is 20.5. The molecule has 0 aromatic heterocycles. The number of alkyl carbamates (subject to hydrolysis) is 3. The van der Waals surface area contributed by atoms with Crippen LogP contribution in [0.3, 0.4) is 0 Å². The van der Waals surface area contributed by atoms with Crippen molar-refractivity contribution in [1.82, 2.24) is 31.5 Å². The number of nitrogens with one attached hydrogen (secondary N) is 5. The van der Waals surface area contributed by atoms with E-state index in [-0.39, 0.29) is 37.3 Å². The first-order valence-corrected chi connectivity index (χ1v) is 29.4. The number of aliphatic hydroxyl groups excluding tert-OH is 2. The first-order valence-electron chi connectivity index (χ1n) is 26.4. The standard InChI is InChI=1S/C52H94N6O17Si/c1-46(2,3)72-42(62)54-29-25-52(67,26-29)41(61)55-33-24-32(57-44(64)74-48(7,8)9)34(35(59)38(33)71-40-36(60)39(51(16,66)28-68-40)58(17)45(65)75-49(10,11)12)37-31(56-43(63)73-47(4,5)6)21-20-30(70-37)27-53-22-23-69-76(18,19)50(13,14)15/h20,29,31-40,53,59-60,66-67H,21-28H2,1-19H3,(H,54,62)(H,55,61)(H,56,63)(H,57,64)/t29?,31-,32+,33-,34?,35+,36-,37+,38+,39-,40-,51+,52?/m1/s1. The molecule has 0 spiro atoms. The number of likely N-dealkylation sites (N-methyl/N-ethyl adjacent to an activating group) is 1. The van der Waals surface area contributed by atoms with Crippen molar-refractivity contribution >= 4 is 38.6 Å². The third-order valence-corrected chi connectivity index (χ3v) is 18.3. The first-order chi connectivity index (χ1) is 34.4. The van der Waals surface area contributed by atoms with Gasteiger partial charge in [0.2, 0.25) is 0 Å². The van der Waals surface area contributed by atoms with Crippen molar-refractivity contribution in [2.45, 2.75) is 249 Å². The van der Waals surface area contributed by atoms with E-state index in [0.29, 0.717) is 18.9 Å².